The smallest absolute Gasteiger partial charge is 0.271 e. The van der Waals surface area contributed by atoms with E-state index in [9.17, 15) is 14.4 Å². The highest BCUT2D eigenvalue weighted by molar-refractivity contribution is 7.98. The number of carbonyl (C=O) groups excluding carboxylic acids is 3. The molecule has 1 aromatic rings. The summed E-state index contributed by atoms with van der Waals surface area (Å²) in [6.07, 6.45) is 0.252. The Labute approximate surface area is 113 Å². The van der Waals surface area contributed by atoms with E-state index in [0.717, 1.165) is 16.3 Å². The third-order valence-corrected chi connectivity index (χ3v) is 3.78. The molecule has 0 radical (unpaired) electrons. The van der Waals surface area contributed by atoms with Crippen molar-refractivity contribution < 1.29 is 14.4 Å². The number of Topliss-reactive ketones (excluding diaryl/α,β-unsaturated/α-hetero) is 1. The summed E-state index contributed by atoms with van der Waals surface area (Å²) < 4.78 is 1.10. The van der Waals surface area contributed by atoms with E-state index >= 15 is 0 Å². The highest BCUT2D eigenvalue weighted by atomic mass is 35.5. The number of halogens is 1. The summed E-state index contributed by atoms with van der Waals surface area (Å²) in [7, 11) is 0. The van der Waals surface area contributed by atoms with Crippen molar-refractivity contribution in [3.05, 3.63) is 35.4 Å². The molecule has 1 aliphatic heterocycles. The van der Waals surface area contributed by atoms with Gasteiger partial charge in [0, 0.05) is 12.2 Å². The summed E-state index contributed by atoms with van der Waals surface area (Å²) in [4.78, 5) is 34.9. The van der Waals surface area contributed by atoms with Crippen molar-refractivity contribution in [2.75, 3.05) is 11.6 Å². The molecule has 18 heavy (non-hydrogen) atoms. The van der Waals surface area contributed by atoms with Crippen LogP contribution in [0.25, 0.3) is 0 Å². The molecule has 0 unspecified atom stereocenters. The number of nitrogens with zero attached hydrogens (tertiary/aromatic N) is 1. The number of rotatable bonds is 5. The molecule has 1 aromatic carbocycles. The largest absolute Gasteiger partial charge is 0.298 e. The van der Waals surface area contributed by atoms with E-state index in [-0.39, 0.29) is 29.9 Å². The molecule has 2 rings (SSSR count). The van der Waals surface area contributed by atoms with Crippen LogP contribution in [0.4, 0.5) is 0 Å². The summed E-state index contributed by atoms with van der Waals surface area (Å²) in [5.41, 5.74) is 0.831. The molecule has 0 N–H and O–H groups in total. The van der Waals surface area contributed by atoms with Crippen molar-refractivity contribution in [3.8, 4) is 0 Å². The molecule has 4 nitrogen and oxygen atoms in total. The molecule has 0 spiro atoms. The lowest BCUT2D eigenvalue weighted by atomic mass is 10.1. The Balaban J connectivity index is 2.03. The van der Waals surface area contributed by atoms with Crippen LogP contribution in [0.3, 0.4) is 0 Å². The minimum absolute atomic E-state index is 0.0390. The Morgan fingerprint density at radius 2 is 1.72 bits per heavy atom. The molecule has 6 heteroatoms. The van der Waals surface area contributed by atoms with E-state index in [1.807, 2.05) is 0 Å². The fourth-order valence-corrected chi connectivity index (χ4v) is 2.67. The third kappa shape index (κ3) is 2.42. The van der Waals surface area contributed by atoms with Gasteiger partial charge in [-0.05, 0) is 24.1 Å². The Bertz CT molecular complexity index is 483. The number of fused-ring (bicyclic) bond motifs is 1. The number of amides is 2. The Hall–Kier alpha value is -1.33. The van der Waals surface area contributed by atoms with Gasteiger partial charge in [0.15, 0.2) is 0 Å². The lowest BCUT2D eigenvalue weighted by molar-refractivity contribution is -0.116. The van der Waals surface area contributed by atoms with E-state index < -0.39 is 0 Å². The first-order chi connectivity index (χ1) is 8.65. The first-order valence-electron chi connectivity index (χ1n) is 5.33. The molecule has 0 saturated carbocycles. The lowest BCUT2D eigenvalue weighted by Crippen LogP contribution is -2.23. The standard InChI is InChI=1S/C12H10ClNO3S/c13-7-8(15)5-6-18-14-11(16)9-3-1-2-4-10(9)12(14)17/h1-4H,5-7H2. The molecular formula is C12H10ClNO3S. The molecule has 0 fully saturated rings. The van der Waals surface area contributed by atoms with E-state index in [4.69, 9.17) is 11.6 Å². The molecule has 0 atom stereocenters. The van der Waals surface area contributed by atoms with Crippen molar-refractivity contribution >= 4 is 41.1 Å². The van der Waals surface area contributed by atoms with Crippen LogP contribution in [0, 0.1) is 0 Å². The Kier molecular flexibility index (Phi) is 4.04. The van der Waals surface area contributed by atoms with Crippen LogP contribution in [-0.2, 0) is 4.79 Å². The monoisotopic (exact) mass is 283 g/mol. The van der Waals surface area contributed by atoms with Gasteiger partial charge in [-0.1, -0.05) is 12.1 Å². The van der Waals surface area contributed by atoms with E-state index in [2.05, 4.69) is 0 Å². The maximum Gasteiger partial charge on any atom is 0.271 e. The number of hydrogen-bond donors (Lipinski definition) is 0. The minimum atomic E-state index is -0.320. The van der Waals surface area contributed by atoms with Gasteiger partial charge < -0.3 is 0 Å². The molecule has 0 bridgehead atoms. The van der Waals surface area contributed by atoms with Crippen LogP contribution in [-0.4, -0.2) is 33.5 Å². The average molecular weight is 284 g/mol. The first-order valence-corrected chi connectivity index (χ1v) is 6.81. The summed E-state index contributed by atoms with van der Waals surface area (Å²) in [5, 5.41) is 0. The third-order valence-electron chi connectivity index (χ3n) is 2.51. The molecule has 0 aromatic heterocycles. The fraction of sp³-hybridized carbons (Fsp3) is 0.250. The number of ketones is 1. The number of carbonyl (C=O) groups is 3. The van der Waals surface area contributed by atoms with Gasteiger partial charge in [-0.25, -0.2) is 4.31 Å². The highest BCUT2D eigenvalue weighted by Gasteiger charge is 2.35. The number of alkyl halides is 1. The zero-order valence-corrected chi connectivity index (χ0v) is 11.0. The van der Waals surface area contributed by atoms with Crippen LogP contribution in [0.2, 0.25) is 0 Å². The second-order valence-electron chi connectivity index (χ2n) is 3.71. The van der Waals surface area contributed by atoms with E-state index in [1.165, 1.54) is 0 Å². The predicted octanol–water partition coefficient (Wildman–Crippen LogP) is 2.13. The SMILES string of the molecule is O=C(CCl)CCSN1C(=O)c2ccccc2C1=O. The topological polar surface area (TPSA) is 54.5 Å². The van der Waals surface area contributed by atoms with Gasteiger partial charge in [0.05, 0.1) is 17.0 Å². The zero-order chi connectivity index (χ0) is 13.1. The first kappa shape index (κ1) is 13.1. The van der Waals surface area contributed by atoms with Crippen LogP contribution in [0.15, 0.2) is 24.3 Å². The normalized spacial score (nSPS) is 13.9. The van der Waals surface area contributed by atoms with Gasteiger partial charge in [0.25, 0.3) is 11.8 Å². The second-order valence-corrected chi connectivity index (χ2v) is 5.00. The molecule has 1 heterocycles. The van der Waals surface area contributed by atoms with Gasteiger partial charge >= 0.3 is 0 Å². The summed E-state index contributed by atoms with van der Waals surface area (Å²) >= 11 is 6.43. The van der Waals surface area contributed by atoms with Crippen LogP contribution < -0.4 is 0 Å². The summed E-state index contributed by atoms with van der Waals surface area (Å²) in [5.74, 6) is -0.404. The van der Waals surface area contributed by atoms with Crippen molar-refractivity contribution in [1.29, 1.82) is 0 Å². The second kappa shape index (κ2) is 5.54. The van der Waals surface area contributed by atoms with Crippen molar-refractivity contribution in [1.82, 2.24) is 4.31 Å². The minimum Gasteiger partial charge on any atom is -0.298 e. The summed E-state index contributed by atoms with van der Waals surface area (Å²) in [6.45, 7) is 0. The number of benzene rings is 1. The van der Waals surface area contributed by atoms with E-state index in [1.54, 1.807) is 24.3 Å². The van der Waals surface area contributed by atoms with Gasteiger partial charge in [-0.3, -0.25) is 14.4 Å². The van der Waals surface area contributed by atoms with Gasteiger partial charge in [-0.15, -0.1) is 11.6 Å². The number of hydrogen-bond acceptors (Lipinski definition) is 4. The van der Waals surface area contributed by atoms with Gasteiger partial charge in [-0.2, -0.15) is 0 Å². The van der Waals surface area contributed by atoms with Crippen LogP contribution >= 0.6 is 23.5 Å². The van der Waals surface area contributed by atoms with Crippen molar-refractivity contribution in [2.24, 2.45) is 0 Å². The molecule has 0 aliphatic carbocycles. The lowest BCUT2D eigenvalue weighted by Gasteiger charge is -2.11. The quantitative estimate of drug-likeness (QED) is 0.472. The van der Waals surface area contributed by atoms with Crippen LogP contribution in [0.1, 0.15) is 27.1 Å². The van der Waals surface area contributed by atoms with Gasteiger partial charge in [0.1, 0.15) is 5.78 Å². The van der Waals surface area contributed by atoms with Gasteiger partial charge in [0.2, 0.25) is 0 Å². The van der Waals surface area contributed by atoms with E-state index in [0.29, 0.717) is 16.9 Å². The Morgan fingerprint density at radius 3 is 2.22 bits per heavy atom. The summed E-state index contributed by atoms with van der Waals surface area (Å²) in [6, 6.07) is 6.69. The average Bonchev–Trinajstić information content (AvgIpc) is 2.64. The highest BCUT2D eigenvalue weighted by Crippen LogP contribution is 2.28. The molecule has 0 saturated heterocycles. The Morgan fingerprint density at radius 1 is 1.17 bits per heavy atom. The van der Waals surface area contributed by atoms with Crippen molar-refractivity contribution in [3.63, 3.8) is 0 Å². The molecule has 2 amide bonds. The molecular weight excluding hydrogens is 274 g/mol. The molecule has 1 aliphatic rings. The zero-order valence-electron chi connectivity index (χ0n) is 9.39. The predicted molar refractivity (Wildman–Crippen MR) is 69.7 cm³/mol. The maximum absolute atomic E-state index is 11.9. The fourth-order valence-electron chi connectivity index (χ4n) is 1.60. The van der Waals surface area contributed by atoms with Crippen molar-refractivity contribution in [2.45, 2.75) is 6.42 Å². The van der Waals surface area contributed by atoms with Crippen LogP contribution in [0.5, 0.6) is 0 Å². The maximum atomic E-state index is 11.9. The number of imide groups is 1. The molecule has 94 valence electrons.